The van der Waals surface area contributed by atoms with Crippen LogP contribution < -0.4 is 4.90 Å². The van der Waals surface area contributed by atoms with Crippen molar-refractivity contribution in [3.05, 3.63) is 66.4 Å². The molecule has 5 heteroatoms. The number of piperidine rings is 1. The smallest absolute Gasteiger partial charge is 0.229 e. The summed E-state index contributed by atoms with van der Waals surface area (Å²) in [6.45, 7) is 3.24. The first kappa shape index (κ1) is 17.6. The molecule has 1 amide bonds. The topological polar surface area (TPSA) is 48.8 Å². The van der Waals surface area contributed by atoms with Crippen LogP contribution in [0.25, 0.3) is 10.8 Å². The van der Waals surface area contributed by atoms with Gasteiger partial charge in [-0.2, -0.15) is 0 Å². The largest absolute Gasteiger partial charge is 0.356 e. The maximum Gasteiger partial charge on any atom is 0.229 e. The minimum atomic E-state index is -0.203. The Labute approximate surface area is 176 Å². The molecule has 3 aromatic rings. The zero-order valence-corrected chi connectivity index (χ0v) is 16.9. The Kier molecular flexibility index (Phi) is 3.91. The molecule has 0 radical (unpaired) electrons. The van der Waals surface area contributed by atoms with Gasteiger partial charge in [0.15, 0.2) is 0 Å². The van der Waals surface area contributed by atoms with E-state index in [2.05, 4.69) is 51.3 Å². The first-order valence-corrected chi connectivity index (χ1v) is 10.8. The van der Waals surface area contributed by atoms with Crippen molar-refractivity contribution in [1.29, 1.82) is 0 Å². The Hall–Kier alpha value is -3.21. The van der Waals surface area contributed by atoms with E-state index in [0.29, 0.717) is 12.5 Å². The van der Waals surface area contributed by atoms with Crippen molar-refractivity contribution in [2.24, 2.45) is 10.4 Å². The summed E-state index contributed by atoms with van der Waals surface area (Å²) in [4.78, 5) is 27.0. The standard InChI is InChI=1S/C25H24N4O/c30-24-25(12-16-29(24)17-22-20-7-3-4-8-21(20)27-22)10-14-28(15-11-25)23-19-6-2-1-5-18(19)9-13-26-23/h1-9,13H,10-12,14-17H2. The van der Waals surface area contributed by atoms with Gasteiger partial charge in [-0.25, -0.2) is 4.98 Å². The Morgan fingerprint density at radius 1 is 0.900 bits per heavy atom. The first-order valence-electron chi connectivity index (χ1n) is 10.8. The molecule has 0 aliphatic carbocycles. The highest BCUT2D eigenvalue weighted by Gasteiger charge is 2.48. The fraction of sp³-hybridized carbons (Fsp3) is 0.320. The second-order valence-electron chi connectivity index (χ2n) is 8.68. The predicted octanol–water partition coefficient (Wildman–Crippen LogP) is 4.19. The summed E-state index contributed by atoms with van der Waals surface area (Å²) in [5.41, 5.74) is 3.09. The van der Waals surface area contributed by atoms with Crippen LogP contribution >= 0.6 is 0 Å². The number of carbonyl (C=O) groups excluding carboxylic acids is 1. The molecular weight excluding hydrogens is 372 g/mol. The number of para-hydroxylation sites is 1. The van der Waals surface area contributed by atoms with E-state index in [0.717, 1.165) is 56.1 Å². The Bertz CT molecular complexity index is 1170. The van der Waals surface area contributed by atoms with Gasteiger partial charge < -0.3 is 9.80 Å². The number of fused-ring (bicyclic) bond motifs is 2. The molecule has 3 aliphatic heterocycles. The molecule has 4 heterocycles. The molecule has 0 bridgehead atoms. The van der Waals surface area contributed by atoms with E-state index in [4.69, 9.17) is 0 Å². The number of anilines is 1. The quantitative estimate of drug-likeness (QED) is 0.667. The van der Waals surface area contributed by atoms with E-state index in [9.17, 15) is 4.79 Å². The van der Waals surface area contributed by atoms with Gasteiger partial charge in [0.25, 0.3) is 0 Å². The number of likely N-dealkylation sites (tertiary alicyclic amines) is 1. The van der Waals surface area contributed by atoms with Crippen LogP contribution in [-0.2, 0) is 4.79 Å². The molecule has 0 N–H and O–H groups in total. The molecule has 1 spiro atoms. The third-order valence-corrected chi connectivity index (χ3v) is 7.08. The van der Waals surface area contributed by atoms with E-state index < -0.39 is 0 Å². The van der Waals surface area contributed by atoms with Crippen LogP contribution in [0.2, 0.25) is 0 Å². The summed E-state index contributed by atoms with van der Waals surface area (Å²) in [5.74, 6) is 1.37. The summed E-state index contributed by atoms with van der Waals surface area (Å²) < 4.78 is 0. The lowest BCUT2D eigenvalue weighted by atomic mass is 9.77. The number of nitrogens with zero attached hydrogens (tertiary/aromatic N) is 4. The average molecular weight is 396 g/mol. The van der Waals surface area contributed by atoms with Crippen molar-refractivity contribution in [2.45, 2.75) is 19.3 Å². The van der Waals surface area contributed by atoms with Crippen molar-refractivity contribution < 1.29 is 4.79 Å². The van der Waals surface area contributed by atoms with E-state index in [-0.39, 0.29) is 5.41 Å². The first-order chi connectivity index (χ1) is 14.7. The normalized spacial score (nSPS) is 19.7. The molecule has 2 fully saturated rings. The van der Waals surface area contributed by atoms with Gasteiger partial charge in [0.05, 0.1) is 23.4 Å². The zero-order chi connectivity index (χ0) is 20.1. The second-order valence-corrected chi connectivity index (χ2v) is 8.68. The monoisotopic (exact) mass is 396 g/mol. The summed E-state index contributed by atoms with van der Waals surface area (Å²) in [6, 6.07) is 18.6. The second kappa shape index (κ2) is 6.66. The number of hydrogen-bond donors (Lipinski definition) is 0. The number of carbonyl (C=O) groups is 1. The van der Waals surface area contributed by atoms with Gasteiger partial charge in [-0.15, -0.1) is 0 Å². The van der Waals surface area contributed by atoms with Crippen LogP contribution in [0, 0.1) is 5.41 Å². The van der Waals surface area contributed by atoms with Crippen molar-refractivity contribution in [1.82, 2.24) is 9.88 Å². The molecule has 0 atom stereocenters. The number of aromatic nitrogens is 1. The maximum absolute atomic E-state index is 13.4. The van der Waals surface area contributed by atoms with Crippen LogP contribution in [0.3, 0.4) is 0 Å². The Morgan fingerprint density at radius 3 is 2.53 bits per heavy atom. The predicted molar refractivity (Wildman–Crippen MR) is 119 cm³/mol. The molecule has 150 valence electrons. The number of pyridine rings is 1. The number of rotatable bonds is 3. The lowest BCUT2D eigenvalue weighted by molar-refractivity contribution is -0.136. The van der Waals surface area contributed by atoms with E-state index in [1.54, 1.807) is 0 Å². The molecule has 0 saturated carbocycles. The molecular formula is C25H24N4O. The molecule has 2 saturated heterocycles. The molecule has 3 aliphatic rings. The number of benzene rings is 2. The van der Waals surface area contributed by atoms with Crippen molar-refractivity contribution in [3.63, 3.8) is 0 Å². The molecule has 1 aromatic heterocycles. The van der Waals surface area contributed by atoms with E-state index in [1.165, 1.54) is 16.3 Å². The van der Waals surface area contributed by atoms with Crippen LogP contribution in [0.15, 0.2) is 65.8 Å². The van der Waals surface area contributed by atoms with E-state index in [1.807, 2.05) is 29.3 Å². The molecule has 0 unspecified atom stereocenters. The Morgan fingerprint density at radius 2 is 1.67 bits per heavy atom. The lowest BCUT2D eigenvalue weighted by Gasteiger charge is -2.39. The summed E-state index contributed by atoms with van der Waals surface area (Å²) in [5, 5.41) is 2.41. The van der Waals surface area contributed by atoms with Crippen LogP contribution in [-0.4, -0.2) is 47.7 Å². The Balaban J connectivity index is 1.16. The van der Waals surface area contributed by atoms with Gasteiger partial charge >= 0.3 is 0 Å². The van der Waals surface area contributed by atoms with Gasteiger partial charge in [-0.05, 0) is 36.8 Å². The highest BCUT2D eigenvalue weighted by molar-refractivity contribution is 6.14. The fourth-order valence-corrected chi connectivity index (χ4v) is 5.28. The molecule has 30 heavy (non-hydrogen) atoms. The summed E-state index contributed by atoms with van der Waals surface area (Å²) >= 11 is 0. The highest BCUT2D eigenvalue weighted by Crippen LogP contribution is 2.43. The van der Waals surface area contributed by atoms with Crippen LogP contribution in [0.4, 0.5) is 11.5 Å². The fourth-order valence-electron chi connectivity index (χ4n) is 5.28. The molecule has 6 rings (SSSR count). The summed E-state index contributed by atoms with van der Waals surface area (Å²) in [6.07, 6.45) is 4.64. The SMILES string of the molecule is O=C1N(CC2=Nc3ccccc32)CCC12CCN(c1nccc3ccccc13)CC2. The van der Waals surface area contributed by atoms with Crippen molar-refractivity contribution >= 4 is 33.9 Å². The minimum absolute atomic E-state index is 0.203. The van der Waals surface area contributed by atoms with Crippen LogP contribution in [0.5, 0.6) is 0 Å². The lowest BCUT2D eigenvalue weighted by Crippen LogP contribution is -2.46. The highest BCUT2D eigenvalue weighted by atomic mass is 16.2. The van der Waals surface area contributed by atoms with Crippen molar-refractivity contribution in [3.8, 4) is 0 Å². The van der Waals surface area contributed by atoms with E-state index >= 15 is 0 Å². The van der Waals surface area contributed by atoms with Gasteiger partial charge in [-0.3, -0.25) is 9.79 Å². The molecule has 2 aromatic carbocycles. The van der Waals surface area contributed by atoms with Gasteiger partial charge in [-0.1, -0.05) is 42.5 Å². The number of aliphatic imine (C=N–C) groups is 1. The number of amides is 1. The summed E-state index contributed by atoms with van der Waals surface area (Å²) in [7, 11) is 0. The number of hydrogen-bond acceptors (Lipinski definition) is 4. The van der Waals surface area contributed by atoms with Gasteiger partial charge in [0.2, 0.25) is 5.91 Å². The van der Waals surface area contributed by atoms with Crippen molar-refractivity contribution in [2.75, 3.05) is 31.1 Å². The minimum Gasteiger partial charge on any atom is -0.356 e. The third-order valence-electron chi connectivity index (χ3n) is 7.08. The van der Waals surface area contributed by atoms with Crippen LogP contribution in [0.1, 0.15) is 24.8 Å². The van der Waals surface area contributed by atoms with Gasteiger partial charge in [0, 0.05) is 36.8 Å². The van der Waals surface area contributed by atoms with Gasteiger partial charge in [0.1, 0.15) is 5.82 Å². The average Bonchev–Trinajstić information content (AvgIpc) is 3.07. The third kappa shape index (κ3) is 2.65. The zero-order valence-electron chi connectivity index (χ0n) is 16.9. The maximum atomic E-state index is 13.4. The molecule has 5 nitrogen and oxygen atoms in total.